The maximum absolute atomic E-state index is 13.5. The Kier molecular flexibility index (Phi) is 10.4. The van der Waals surface area contributed by atoms with Gasteiger partial charge in [0.1, 0.15) is 5.82 Å². The van der Waals surface area contributed by atoms with Gasteiger partial charge >= 0.3 is 0 Å². The molecule has 2 rings (SSSR count). The molecular formula is C19H27FIN5OS. The third-order valence-electron chi connectivity index (χ3n) is 4.06. The Morgan fingerprint density at radius 2 is 1.82 bits per heavy atom. The number of aliphatic imine (C=N–C) groups is 1. The molecule has 1 aromatic heterocycles. The molecule has 9 heteroatoms. The van der Waals surface area contributed by atoms with E-state index in [4.69, 9.17) is 0 Å². The molecule has 1 aromatic carbocycles. The molecule has 154 valence electrons. The van der Waals surface area contributed by atoms with Gasteiger partial charge in [-0.2, -0.15) is 0 Å². The van der Waals surface area contributed by atoms with Crippen molar-refractivity contribution in [3.63, 3.8) is 0 Å². The lowest BCUT2D eigenvalue weighted by atomic mass is 10.1. The van der Waals surface area contributed by atoms with Crippen LogP contribution in [0, 0.1) is 26.6 Å². The Hall–Kier alpha value is -1.75. The molecule has 0 atom stereocenters. The fourth-order valence-corrected chi connectivity index (χ4v) is 3.28. The number of benzene rings is 1. The summed E-state index contributed by atoms with van der Waals surface area (Å²) in [6.45, 7) is 7.39. The highest BCUT2D eigenvalue weighted by molar-refractivity contribution is 14.0. The molecule has 0 unspecified atom stereocenters. The van der Waals surface area contributed by atoms with Crippen LogP contribution in [0.1, 0.15) is 31.5 Å². The number of carbonyl (C=O) groups is 1. The zero-order chi connectivity index (χ0) is 19.8. The van der Waals surface area contributed by atoms with Gasteiger partial charge in [0.2, 0.25) is 0 Å². The van der Waals surface area contributed by atoms with E-state index in [0.717, 1.165) is 23.7 Å². The molecule has 0 fully saturated rings. The molecule has 0 radical (unpaired) electrons. The van der Waals surface area contributed by atoms with Crippen molar-refractivity contribution >= 4 is 47.2 Å². The summed E-state index contributed by atoms with van der Waals surface area (Å²) in [6, 6.07) is 4.46. The van der Waals surface area contributed by atoms with Gasteiger partial charge in [-0.05, 0) is 38.5 Å². The van der Waals surface area contributed by atoms with Crippen molar-refractivity contribution in [2.75, 3.05) is 26.7 Å². The zero-order valence-electron chi connectivity index (χ0n) is 16.6. The van der Waals surface area contributed by atoms with Gasteiger partial charge in [-0.3, -0.25) is 9.79 Å². The minimum Gasteiger partial charge on any atom is -0.356 e. The van der Waals surface area contributed by atoms with Gasteiger partial charge in [0.15, 0.2) is 5.96 Å². The van der Waals surface area contributed by atoms with Gasteiger partial charge in [-0.1, -0.05) is 6.07 Å². The molecule has 2 aromatic rings. The Bertz CT molecular complexity index is 805. The van der Waals surface area contributed by atoms with E-state index < -0.39 is 0 Å². The van der Waals surface area contributed by atoms with Crippen molar-refractivity contribution in [1.29, 1.82) is 0 Å². The predicted molar refractivity (Wildman–Crippen MR) is 124 cm³/mol. The summed E-state index contributed by atoms with van der Waals surface area (Å²) in [7, 11) is 1.70. The van der Waals surface area contributed by atoms with Crippen LogP contribution in [0.2, 0.25) is 0 Å². The molecule has 3 N–H and O–H groups in total. The lowest BCUT2D eigenvalue weighted by molar-refractivity contribution is 0.0954. The van der Waals surface area contributed by atoms with E-state index in [-0.39, 0.29) is 35.7 Å². The van der Waals surface area contributed by atoms with E-state index >= 15 is 0 Å². The molecule has 1 amide bonds. The first-order valence-electron chi connectivity index (χ1n) is 8.82. The molecule has 0 aliphatic rings. The molecule has 0 saturated carbocycles. The first kappa shape index (κ1) is 24.3. The van der Waals surface area contributed by atoms with Gasteiger partial charge in [-0.15, -0.1) is 35.3 Å². The highest BCUT2D eigenvalue weighted by Gasteiger charge is 2.08. The standard InChI is InChI=1S/C19H26FN5OS.HI/c1-12-5-6-15(11-16(12)20)18(26)22-9-10-24-19(21-4)23-8-7-17-25-13(2)14(3)27-17;/h5-6,11H,7-10H2,1-4H3,(H,22,26)(H2,21,23,24);1H. The Labute approximate surface area is 186 Å². The van der Waals surface area contributed by atoms with Crippen LogP contribution in [0.25, 0.3) is 0 Å². The molecule has 0 bridgehead atoms. The minimum atomic E-state index is -0.379. The van der Waals surface area contributed by atoms with E-state index in [1.54, 1.807) is 37.4 Å². The van der Waals surface area contributed by atoms with Crippen LogP contribution in [0.15, 0.2) is 23.2 Å². The normalized spacial score (nSPS) is 11.0. The summed E-state index contributed by atoms with van der Waals surface area (Å²) < 4.78 is 13.5. The molecule has 6 nitrogen and oxygen atoms in total. The van der Waals surface area contributed by atoms with Crippen molar-refractivity contribution in [2.24, 2.45) is 4.99 Å². The average molecular weight is 519 g/mol. The van der Waals surface area contributed by atoms with E-state index in [1.165, 1.54) is 10.9 Å². The van der Waals surface area contributed by atoms with Gasteiger partial charge < -0.3 is 16.0 Å². The molecule has 0 saturated heterocycles. The predicted octanol–water partition coefficient (Wildman–Crippen LogP) is 2.96. The zero-order valence-corrected chi connectivity index (χ0v) is 19.7. The highest BCUT2D eigenvalue weighted by atomic mass is 127. The molecule has 0 aliphatic heterocycles. The number of nitrogens with one attached hydrogen (secondary N) is 3. The van der Waals surface area contributed by atoms with Crippen LogP contribution < -0.4 is 16.0 Å². The summed E-state index contributed by atoms with van der Waals surface area (Å²) in [6.07, 6.45) is 0.829. The van der Waals surface area contributed by atoms with Crippen molar-refractivity contribution in [2.45, 2.75) is 27.2 Å². The number of halogens is 2. The SMILES string of the molecule is CN=C(NCCNC(=O)c1ccc(C)c(F)c1)NCCc1nc(C)c(C)s1.I. The van der Waals surface area contributed by atoms with E-state index in [1.807, 2.05) is 6.92 Å². The number of rotatable bonds is 7. The maximum Gasteiger partial charge on any atom is 0.251 e. The second-order valence-electron chi connectivity index (χ2n) is 6.14. The van der Waals surface area contributed by atoms with Crippen LogP contribution in [0.5, 0.6) is 0 Å². The Morgan fingerprint density at radius 1 is 1.14 bits per heavy atom. The summed E-state index contributed by atoms with van der Waals surface area (Å²) >= 11 is 1.71. The fourth-order valence-electron chi connectivity index (χ4n) is 2.35. The lowest BCUT2D eigenvalue weighted by Gasteiger charge is -2.12. The maximum atomic E-state index is 13.5. The van der Waals surface area contributed by atoms with Crippen molar-refractivity contribution in [3.8, 4) is 0 Å². The van der Waals surface area contributed by atoms with E-state index in [2.05, 4.69) is 32.9 Å². The smallest absolute Gasteiger partial charge is 0.251 e. The third-order valence-corrected chi connectivity index (χ3v) is 5.20. The number of hydrogen-bond acceptors (Lipinski definition) is 4. The van der Waals surface area contributed by atoms with Crippen molar-refractivity contribution in [1.82, 2.24) is 20.9 Å². The van der Waals surface area contributed by atoms with Crippen molar-refractivity contribution in [3.05, 3.63) is 50.7 Å². The number of carbonyl (C=O) groups excluding carboxylic acids is 1. The Balaban J connectivity index is 0.00000392. The van der Waals surface area contributed by atoms with Crippen molar-refractivity contribution < 1.29 is 9.18 Å². The van der Waals surface area contributed by atoms with Gasteiger partial charge in [0.05, 0.1) is 10.7 Å². The number of amides is 1. The number of hydrogen-bond donors (Lipinski definition) is 3. The second-order valence-corrected chi connectivity index (χ2v) is 7.43. The lowest BCUT2D eigenvalue weighted by Crippen LogP contribution is -2.42. The fraction of sp³-hybridized carbons (Fsp3) is 0.421. The van der Waals surface area contributed by atoms with E-state index in [9.17, 15) is 9.18 Å². The second kappa shape index (κ2) is 11.9. The first-order valence-corrected chi connectivity index (χ1v) is 9.64. The number of nitrogens with zero attached hydrogens (tertiary/aromatic N) is 2. The summed E-state index contributed by atoms with van der Waals surface area (Å²) in [5.74, 6) is -0.0141. The number of thiazole rings is 1. The quantitative estimate of drug-likeness (QED) is 0.228. The Morgan fingerprint density at radius 3 is 2.43 bits per heavy atom. The topological polar surface area (TPSA) is 78.4 Å². The molecule has 0 spiro atoms. The van der Waals surface area contributed by atoms with Crippen LogP contribution in [-0.2, 0) is 6.42 Å². The van der Waals surface area contributed by atoms with Gasteiger partial charge in [0, 0.05) is 43.5 Å². The summed E-state index contributed by atoms with van der Waals surface area (Å²) in [5, 5.41) is 10.2. The van der Waals surface area contributed by atoms with Gasteiger partial charge in [0.25, 0.3) is 5.91 Å². The number of aromatic nitrogens is 1. The van der Waals surface area contributed by atoms with E-state index in [0.29, 0.717) is 30.2 Å². The largest absolute Gasteiger partial charge is 0.356 e. The third kappa shape index (κ3) is 7.34. The molecule has 0 aliphatic carbocycles. The molecular weight excluding hydrogens is 492 g/mol. The molecule has 1 heterocycles. The van der Waals surface area contributed by atoms with Gasteiger partial charge in [-0.25, -0.2) is 9.37 Å². The van der Waals surface area contributed by atoms with Crippen LogP contribution in [0.3, 0.4) is 0 Å². The summed E-state index contributed by atoms with van der Waals surface area (Å²) in [4.78, 5) is 21.9. The number of guanidine groups is 1. The molecule has 28 heavy (non-hydrogen) atoms. The highest BCUT2D eigenvalue weighted by Crippen LogP contribution is 2.16. The monoisotopic (exact) mass is 519 g/mol. The van der Waals surface area contributed by atoms with Crippen LogP contribution >= 0.6 is 35.3 Å². The first-order chi connectivity index (χ1) is 12.9. The number of aryl methyl sites for hydroxylation is 3. The summed E-state index contributed by atoms with van der Waals surface area (Å²) in [5.41, 5.74) is 1.92. The average Bonchev–Trinajstić information content (AvgIpc) is 2.96. The van der Waals surface area contributed by atoms with Crippen LogP contribution in [0.4, 0.5) is 4.39 Å². The minimum absolute atomic E-state index is 0. The van der Waals surface area contributed by atoms with Crippen LogP contribution in [-0.4, -0.2) is 43.5 Å².